The van der Waals surface area contributed by atoms with Gasteiger partial charge in [-0.1, -0.05) is 33.8 Å². The Labute approximate surface area is 148 Å². The Morgan fingerprint density at radius 1 is 1.20 bits per heavy atom. The number of amides is 1. The molecule has 0 aromatic heterocycles. The average Bonchev–Trinajstić information content (AvgIpc) is 2.43. The van der Waals surface area contributed by atoms with Crippen molar-refractivity contribution in [3.05, 3.63) is 28.8 Å². The van der Waals surface area contributed by atoms with E-state index >= 15 is 0 Å². The van der Waals surface area contributed by atoms with E-state index in [-0.39, 0.29) is 11.7 Å². The molecule has 0 fully saturated rings. The third-order valence-corrected chi connectivity index (χ3v) is 3.97. The van der Waals surface area contributed by atoms with Crippen LogP contribution >= 0.6 is 0 Å². The Bertz CT molecular complexity index is 677. The van der Waals surface area contributed by atoms with Gasteiger partial charge in [-0.2, -0.15) is 0 Å². The summed E-state index contributed by atoms with van der Waals surface area (Å²) in [5.41, 5.74) is 2.08. The molecule has 6 heteroatoms. The van der Waals surface area contributed by atoms with Gasteiger partial charge in [0.1, 0.15) is 18.1 Å². The fourth-order valence-corrected chi connectivity index (χ4v) is 2.89. The summed E-state index contributed by atoms with van der Waals surface area (Å²) in [6, 6.07) is 3.70. The summed E-state index contributed by atoms with van der Waals surface area (Å²) in [5.74, 6) is -0.748. The number of carboxylic acids is 1. The molecule has 1 aromatic rings. The van der Waals surface area contributed by atoms with Gasteiger partial charge in [0.2, 0.25) is 0 Å². The van der Waals surface area contributed by atoms with Crippen molar-refractivity contribution in [1.29, 1.82) is 0 Å². The lowest BCUT2D eigenvalue weighted by Crippen LogP contribution is -2.33. The largest absolute Gasteiger partial charge is 0.480 e. The van der Waals surface area contributed by atoms with Gasteiger partial charge in [-0.3, -0.25) is 9.59 Å². The average molecular weight is 349 g/mol. The van der Waals surface area contributed by atoms with Crippen molar-refractivity contribution in [2.24, 2.45) is 5.92 Å². The van der Waals surface area contributed by atoms with Crippen LogP contribution in [0, 0.1) is 19.8 Å². The number of ketones is 1. The molecule has 0 aliphatic carbocycles. The van der Waals surface area contributed by atoms with Crippen LogP contribution in [-0.2, 0) is 15.0 Å². The second-order valence-electron chi connectivity index (χ2n) is 7.27. The van der Waals surface area contributed by atoms with Gasteiger partial charge in [0.05, 0.1) is 0 Å². The summed E-state index contributed by atoms with van der Waals surface area (Å²) in [6.07, 6.45) is -0.513. The van der Waals surface area contributed by atoms with E-state index in [9.17, 15) is 14.4 Å². The zero-order valence-corrected chi connectivity index (χ0v) is 15.7. The normalized spacial score (nSPS) is 11.3. The molecule has 0 saturated heterocycles. The second kappa shape index (κ2) is 8.14. The molecule has 6 nitrogen and oxygen atoms in total. The summed E-state index contributed by atoms with van der Waals surface area (Å²) in [7, 11) is 0. The van der Waals surface area contributed by atoms with Crippen molar-refractivity contribution in [1.82, 2.24) is 5.32 Å². The molecule has 0 aliphatic rings. The molecule has 25 heavy (non-hydrogen) atoms. The third kappa shape index (κ3) is 5.89. The third-order valence-electron chi connectivity index (χ3n) is 3.97. The highest BCUT2D eigenvalue weighted by molar-refractivity contribution is 5.82. The van der Waals surface area contributed by atoms with Crippen LogP contribution in [0.3, 0.4) is 0 Å². The lowest BCUT2D eigenvalue weighted by atomic mass is 9.76. The van der Waals surface area contributed by atoms with Crippen molar-refractivity contribution in [2.45, 2.75) is 53.4 Å². The molecule has 2 N–H and O–H groups in total. The van der Waals surface area contributed by atoms with Crippen molar-refractivity contribution >= 4 is 17.8 Å². The number of ether oxygens (including phenoxy) is 1. The maximum absolute atomic E-state index is 12.2. The van der Waals surface area contributed by atoms with E-state index in [1.54, 1.807) is 6.07 Å². The molecule has 0 spiro atoms. The zero-order valence-electron chi connectivity index (χ0n) is 15.7. The molecule has 1 amide bonds. The van der Waals surface area contributed by atoms with Gasteiger partial charge in [0.25, 0.3) is 0 Å². The van der Waals surface area contributed by atoms with Gasteiger partial charge in [0, 0.05) is 23.3 Å². The smallest absolute Gasteiger partial charge is 0.413 e. The monoisotopic (exact) mass is 349 g/mol. The molecular weight excluding hydrogens is 322 g/mol. The minimum atomic E-state index is -1.15. The number of carbonyl (C=O) groups is 3. The van der Waals surface area contributed by atoms with Gasteiger partial charge in [-0.25, -0.2) is 4.79 Å². The maximum atomic E-state index is 12.2. The minimum absolute atomic E-state index is 0.0757. The van der Waals surface area contributed by atoms with Gasteiger partial charge in [-0.05, 0) is 31.0 Å². The van der Waals surface area contributed by atoms with Gasteiger partial charge in [0.15, 0.2) is 0 Å². The number of aliphatic carboxylic acids is 1. The van der Waals surface area contributed by atoms with E-state index in [1.807, 2.05) is 47.6 Å². The Morgan fingerprint density at radius 3 is 2.32 bits per heavy atom. The number of rotatable bonds is 7. The van der Waals surface area contributed by atoms with E-state index in [1.165, 1.54) is 0 Å². The number of hydrogen-bond donors (Lipinski definition) is 2. The van der Waals surface area contributed by atoms with E-state index in [2.05, 4.69) is 5.32 Å². The molecule has 1 rings (SSSR count). The van der Waals surface area contributed by atoms with E-state index in [4.69, 9.17) is 9.84 Å². The number of benzene rings is 1. The van der Waals surface area contributed by atoms with Crippen LogP contribution in [0.5, 0.6) is 5.75 Å². The topological polar surface area (TPSA) is 92.7 Å². The van der Waals surface area contributed by atoms with E-state index in [0.717, 1.165) is 16.7 Å². The SMILES string of the molecule is Cc1cc(C)c(C(C)(C)CC(=O)C(C)C)c(OC(=O)NCC(=O)O)c1. The van der Waals surface area contributed by atoms with Gasteiger partial charge >= 0.3 is 12.1 Å². The molecule has 0 heterocycles. The Morgan fingerprint density at radius 2 is 1.80 bits per heavy atom. The molecule has 0 unspecified atom stereocenters. The molecule has 0 atom stereocenters. The predicted octanol–water partition coefficient (Wildman–Crippen LogP) is 3.37. The first kappa shape index (κ1) is 20.7. The van der Waals surface area contributed by atoms with Crippen molar-refractivity contribution in [3.63, 3.8) is 0 Å². The van der Waals surface area contributed by atoms with Crippen LogP contribution in [0.25, 0.3) is 0 Å². The second-order valence-corrected chi connectivity index (χ2v) is 7.27. The number of carboxylic acid groups (broad SMARTS) is 1. The molecule has 138 valence electrons. The summed E-state index contributed by atoms with van der Waals surface area (Å²) in [6.45, 7) is 10.9. The van der Waals surface area contributed by atoms with Gasteiger partial charge in [-0.15, -0.1) is 0 Å². The predicted molar refractivity (Wildman–Crippen MR) is 95.1 cm³/mol. The minimum Gasteiger partial charge on any atom is -0.480 e. The summed E-state index contributed by atoms with van der Waals surface area (Å²) < 4.78 is 5.36. The lowest BCUT2D eigenvalue weighted by Gasteiger charge is -2.29. The Balaban J connectivity index is 3.19. The highest BCUT2D eigenvalue weighted by Crippen LogP contribution is 2.38. The Hall–Kier alpha value is -2.37. The highest BCUT2D eigenvalue weighted by Gasteiger charge is 2.31. The number of Topliss-reactive ketones (excluding diaryl/α,β-unsaturated/α-hetero) is 1. The summed E-state index contributed by atoms with van der Waals surface area (Å²) in [5, 5.41) is 10.8. The fraction of sp³-hybridized carbons (Fsp3) is 0.526. The van der Waals surface area contributed by atoms with Crippen LogP contribution in [0.15, 0.2) is 12.1 Å². The molecule has 0 aliphatic heterocycles. The summed E-state index contributed by atoms with van der Waals surface area (Å²) in [4.78, 5) is 34.7. The number of carbonyl (C=O) groups excluding carboxylic acids is 2. The van der Waals surface area contributed by atoms with Crippen LogP contribution in [0.1, 0.15) is 50.8 Å². The molecule has 0 radical (unpaired) electrons. The van der Waals surface area contributed by atoms with Crippen LogP contribution in [0.2, 0.25) is 0 Å². The van der Waals surface area contributed by atoms with E-state index in [0.29, 0.717) is 12.2 Å². The number of hydrogen-bond acceptors (Lipinski definition) is 4. The maximum Gasteiger partial charge on any atom is 0.413 e. The fourth-order valence-electron chi connectivity index (χ4n) is 2.89. The van der Waals surface area contributed by atoms with Crippen molar-refractivity contribution < 1.29 is 24.2 Å². The zero-order chi connectivity index (χ0) is 19.4. The quantitative estimate of drug-likeness (QED) is 0.787. The van der Waals surface area contributed by atoms with Crippen LogP contribution < -0.4 is 10.1 Å². The first-order valence-electron chi connectivity index (χ1n) is 8.26. The molecule has 1 aromatic carbocycles. The molecule has 0 saturated carbocycles. The number of aryl methyl sites for hydroxylation is 2. The van der Waals surface area contributed by atoms with Crippen molar-refractivity contribution in [3.8, 4) is 5.75 Å². The number of nitrogens with one attached hydrogen (secondary N) is 1. The van der Waals surface area contributed by atoms with Gasteiger partial charge < -0.3 is 15.2 Å². The van der Waals surface area contributed by atoms with Crippen molar-refractivity contribution in [2.75, 3.05) is 6.54 Å². The molecule has 0 bridgehead atoms. The first-order valence-corrected chi connectivity index (χ1v) is 8.26. The van der Waals surface area contributed by atoms with Crippen LogP contribution in [0.4, 0.5) is 4.79 Å². The lowest BCUT2D eigenvalue weighted by molar-refractivity contribution is -0.135. The Kier molecular flexibility index (Phi) is 6.73. The summed E-state index contributed by atoms with van der Waals surface area (Å²) >= 11 is 0. The molecular formula is C19H27NO5. The van der Waals surface area contributed by atoms with Crippen LogP contribution in [-0.4, -0.2) is 29.5 Å². The van der Waals surface area contributed by atoms with E-state index < -0.39 is 24.0 Å². The standard InChI is InChI=1S/C19H27NO5/c1-11(2)14(21)9-19(5,6)17-13(4)7-12(3)8-15(17)25-18(24)20-10-16(22)23/h7-8,11H,9-10H2,1-6H3,(H,20,24)(H,22,23). The highest BCUT2D eigenvalue weighted by atomic mass is 16.6. The first-order chi connectivity index (χ1) is 11.4.